The summed E-state index contributed by atoms with van der Waals surface area (Å²) < 4.78 is 38.5. The number of carbonyl (C=O) groups excluding carboxylic acids is 1. The summed E-state index contributed by atoms with van der Waals surface area (Å²) in [4.78, 5) is 19.0. The monoisotopic (exact) mass is 455 g/mol. The summed E-state index contributed by atoms with van der Waals surface area (Å²) in [7, 11) is 0. The Balaban J connectivity index is 1.62. The Morgan fingerprint density at radius 3 is 2.70 bits per heavy atom. The normalized spacial score (nSPS) is 16.9. The average Bonchev–Trinajstić information content (AvgIpc) is 3.28. The third-order valence-electron chi connectivity index (χ3n) is 4.66. The van der Waals surface area contributed by atoms with E-state index >= 15 is 0 Å². The van der Waals surface area contributed by atoms with Crippen LogP contribution in [0.15, 0.2) is 23.6 Å². The molecule has 1 fully saturated rings. The number of halogens is 4. The smallest absolute Gasteiger partial charge is 0.346 e. The molecule has 0 bridgehead atoms. The second-order valence-electron chi connectivity index (χ2n) is 8.11. The largest absolute Gasteiger partial charge is 0.416 e. The Bertz CT molecular complexity index is 1000. The summed E-state index contributed by atoms with van der Waals surface area (Å²) in [6, 6.07) is 2.74. The molecule has 160 valence electrons. The van der Waals surface area contributed by atoms with Crippen LogP contribution in [-0.2, 0) is 16.4 Å². The highest BCUT2D eigenvalue weighted by atomic mass is 35.5. The predicted octanol–water partition coefficient (Wildman–Crippen LogP) is 4.86. The molecular weight excluding hydrogens is 435 g/mol. The number of nitrogens with one attached hydrogen (secondary N) is 1. The molecule has 0 radical (unpaired) electrons. The Labute approximate surface area is 182 Å². The molecule has 1 aromatic carbocycles. The van der Waals surface area contributed by atoms with E-state index < -0.39 is 17.6 Å². The first kappa shape index (κ1) is 22.4. The number of alkyl halides is 3. The van der Waals surface area contributed by atoms with E-state index in [1.54, 1.807) is 11.3 Å². The number of carbonyl (C=O) groups is 1. The molecule has 0 aliphatic carbocycles. The fourth-order valence-electron chi connectivity index (χ4n) is 2.95. The summed E-state index contributed by atoms with van der Waals surface area (Å²) in [6.07, 6.45) is -3.76. The third kappa shape index (κ3) is 5.46. The molecule has 2 heterocycles. The minimum absolute atomic E-state index is 0.0254. The molecular formula is C21H21ClF3N3OS. The first-order valence-corrected chi connectivity index (χ1v) is 10.6. The van der Waals surface area contributed by atoms with Crippen molar-refractivity contribution in [3.63, 3.8) is 0 Å². The molecule has 1 saturated heterocycles. The van der Waals surface area contributed by atoms with Gasteiger partial charge in [-0.15, -0.1) is 11.3 Å². The number of hydrogen-bond acceptors (Lipinski definition) is 4. The number of rotatable bonds is 2. The fourth-order valence-corrected chi connectivity index (χ4v) is 4.20. The van der Waals surface area contributed by atoms with Crippen molar-refractivity contribution in [1.29, 1.82) is 0 Å². The summed E-state index contributed by atoms with van der Waals surface area (Å²) in [5, 5.41) is 5.83. The van der Waals surface area contributed by atoms with E-state index in [1.807, 2.05) is 5.38 Å². The van der Waals surface area contributed by atoms with Gasteiger partial charge in [0.25, 0.3) is 5.91 Å². The first-order valence-electron chi connectivity index (χ1n) is 9.34. The van der Waals surface area contributed by atoms with E-state index in [1.165, 1.54) is 0 Å². The minimum Gasteiger partial charge on any atom is -0.346 e. The van der Waals surface area contributed by atoms with Gasteiger partial charge in [0.2, 0.25) is 0 Å². The van der Waals surface area contributed by atoms with E-state index in [0.29, 0.717) is 6.54 Å². The number of thiazole rings is 1. The van der Waals surface area contributed by atoms with E-state index in [2.05, 4.69) is 47.8 Å². The number of amides is 1. The van der Waals surface area contributed by atoms with Crippen LogP contribution in [0.25, 0.3) is 0 Å². The minimum atomic E-state index is -4.50. The molecule has 30 heavy (non-hydrogen) atoms. The van der Waals surface area contributed by atoms with Crippen LogP contribution >= 0.6 is 22.9 Å². The lowest BCUT2D eigenvalue weighted by molar-refractivity contribution is -0.137. The predicted molar refractivity (Wildman–Crippen MR) is 113 cm³/mol. The highest BCUT2D eigenvalue weighted by Gasteiger charge is 2.31. The van der Waals surface area contributed by atoms with Gasteiger partial charge in [0.1, 0.15) is 0 Å². The lowest BCUT2D eigenvalue weighted by Gasteiger charge is -2.17. The lowest BCUT2D eigenvalue weighted by atomic mass is 9.93. The Hall–Kier alpha value is -2.24. The summed E-state index contributed by atoms with van der Waals surface area (Å²) in [5.41, 5.74) is 0.106. The number of benzene rings is 1. The van der Waals surface area contributed by atoms with Crippen LogP contribution in [0.2, 0.25) is 5.02 Å². The van der Waals surface area contributed by atoms with Gasteiger partial charge in [-0.2, -0.15) is 13.2 Å². The molecule has 3 rings (SSSR count). The van der Waals surface area contributed by atoms with E-state index in [0.717, 1.165) is 42.0 Å². The topological polar surface area (TPSA) is 45.2 Å². The molecule has 1 atom stereocenters. The first-order chi connectivity index (χ1) is 13.9. The lowest BCUT2D eigenvalue weighted by Crippen LogP contribution is -2.36. The molecule has 1 aromatic heterocycles. The van der Waals surface area contributed by atoms with Crippen molar-refractivity contribution in [2.45, 2.75) is 44.8 Å². The standard InChI is InChI=1S/C21H21ClF3N3OS/c1-20(2,3)17-12-30-19(27-17)28-9-8-15(11-28)26-18(29)7-4-13-10-14(21(23,24)25)5-6-16(13)22/h5-6,10,12,15H,8-9,11H2,1-3H3,(H,26,29). The Morgan fingerprint density at radius 1 is 1.33 bits per heavy atom. The van der Waals surface area contributed by atoms with E-state index in [9.17, 15) is 18.0 Å². The van der Waals surface area contributed by atoms with Crippen LogP contribution in [0, 0.1) is 11.8 Å². The molecule has 2 aromatic rings. The quantitative estimate of drug-likeness (QED) is 0.658. The Kier molecular flexibility index (Phi) is 6.34. The van der Waals surface area contributed by atoms with Crippen LogP contribution < -0.4 is 10.2 Å². The maximum atomic E-state index is 12.8. The maximum absolute atomic E-state index is 12.8. The molecule has 1 N–H and O–H groups in total. The van der Waals surface area contributed by atoms with E-state index in [-0.39, 0.29) is 22.0 Å². The van der Waals surface area contributed by atoms with Crippen molar-refractivity contribution < 1.29 is 18.0 Å². The van der Waals surface area contributed by atoms with Crippen molar-refractivity contribution >= 4 is 34.0 Å². The second kappa shape index (κ2) is 8.48. The number of nitrogens with zero attached hydrogens (tertiary/aromatic N) is 2. The Morgan fingerprint density at radius 2 is 2.07 bits per heavy atom. The van der Waals surface area contributed by atoms with Gasteiger partial charge in [-0.3, -0.25) is 4.79 Å². The third-order valence-corrected chi connectivity index (χ3v) is 5.89. The molecule has 0 spiro atoms. The van der Waals surface area contributed by atoms with Crippen molar-refractivity contribution in [1.82, 2.24) is 10.3 Å². The van der Waals surface area contributed by atoms with Gasteiger partial charge in [0.05, 0.1) is 16.3 Å². The zero-order valence-corrected chi connectivity index (χ0v) is 18.3. The molecule has 4 nitrogen and oxygen atoms in total. The van der Waals surface area contributed by atoms with Gasteiger partial charge < -0.3 is 10.2 Å². The number of anilines is 1. The zero-order valence-electron chi connectivity index (χ0n) is 16.7. The zero-order chi connectivity index (χ0) is 22.1. The number of aromatic nitrogens is 1. The molecule has 1 amide bonds. The molecule has 9 heteroatoms. The van der Waals surface area contributed by atoms with Gasteiger partial charge in [0.15, 0.2) is 5.13 Å². The van der Waals surface area contributed by atoms with Gasteiger partial charge >= 0.3 is 6.18 Å². The average molecular weight is 456 g/mol. The molecule has 0 saturated carbocycles. The number of hydrogen-bond donors (Lipinski definition) is 1. The van der Waals surface area contributed by atoms with Gasteiger partial charge in [-0.05, 0) is 24.6 Å². The summed E-state index contributed by atoms with van der Waals surface area (Å²) >= 11 is 7.48. The molecule has 1 aliphatic rings. The van der Waals surface area contributed by atoms with Crippen molar-refractivity contribution in [3.05, 3.63) is 45.4 Å². The van der Waals surface area contributed by atoms with Gasteiger partial charge in [-0.25, -0.2) is 4.98 Å². The molecule has 1 unspecified atom stereocenters. The highest BCUT2D eigenvalue weighted by molar-refractivity contribution is 7.13. The summed E-state index contributed by atoms with van der Waals surface area (Å²) in [5.74, 6) is 4.23. The maximum Gasteiger partial charge on any atom is 0.416 e. The molecule has 1 aliphatic heterocycles. The van der Waals surface area contributed by atoms with Crippen LogP contribution in [0.1, 0.15) is 44.0 Å². The van der Waals surface area contributed by atoms with Gasteiger partial charge in [-0.1, -0.05) is 38.3 Å². The second-order valence-corrected chi connectivity index (χ2v) is 9.36. The van der Waals surface area contributed by atoms with Crippen molar-refractivity contribution in [2.24, 2.45) is 0 Å². The highest BCUT2D eigenvalue weighted by Crippen LogP contribution is 2.32. The van der Waals surface area contributed by atoms with E-state index in [4.69, 9.17) is 11.6 Å². The van der Waals surface area contributed by atoms with Gasteiger partial charge in [0, 0.05) is 41.4 Å². The SMILES string of the molecule is CC(C)(C)c1csc(N2CCC(NC(=O)C#Cc3cc(C(F)(F)F)ccc3Cl)C2)n1. The van der Waals surface area contributed by atoms with Crippen molar-refractivity contribution in [3.8, 4) is 11.8 Å². The van der Waals surface area contributed by atoms with Crippen LogP contribution in [0.4, 0.5) is 18.3 Å². The van der Waals surface area contributed by atoms with Crippen LogP contribution in [0.3, 0.4) is 0 Å². The van der Waals surface area contributed by atoms with Crippen LogP contribution in [-0.4, -0.2) is 30.0 Å². The summed E-state index contributed by atoms with van der Waals surface area (Å²) in [6.45, 7) is 7.68. The van der Waals surface area contributed by atoms with Crippen LogP contribution in [0.5, 0.6) is 0 Å². The fraction of sp³-hybridized carbons (Fsp3) is 0.429. The van der Waals surface area contributed by atoms with Crippen molar-refractivity contribution in [2.75, 3.05) is 18.0 Å².